The van der Waals surface area contributed by atoms with Crippen molar-refractivity contribution >= 4 is 11.7 Å². The summed E-state index contributed by atoms with van der Waals surface area (Å²) in [5.74, 6) is -0.376. The third-order valence-electron chi connectivity index (χ3n) is 3.31. The van der Waals surface area contributed by atoms with Crippen LogP contribution in [0.1, 0.15) is 17.5 Å². The second-order valence-corrected chi connectivity index (χ2v) is 4.15. The number of benzene rings is 1. The van der Waals surface area contributed by atoms with Crippen molar-refractivity contribution in [3.05, 3.63) is 29.3 Å². The highest BCUT2D eigenvalue weighted by atomic mass is 16.5. The minimum absolute atomic E-state index is 0.226. The van der Waals surface area contributed by atoms with Crippen LogP contribution in [0, 0.1) is 0 Å². The number of fused-ring (bicyclic) bond motifs is 1. The van der Waals surface area contributed by atoms with Crippen LogP contribution in [0.2, 0.25) is 0 Å². The summed E-state index contributed by atoms with van der Waals surface area (Å²) in [5.41, 5.74) is 7.35. The van der Waals surface area contributed by atoms with E-state index in [0.717, 1.165) is 17.5 Å². The molecule has 1 aliphatic rings. The van der Waals surface area contributed by atoms with Crippen molar-refractivity contribution < 1.29 is 14.6 Å². The van der Waals surface area contributed by atoms with Gasteiger partial charge in [-0.2, -0.15) is 0 Å². The second kappa shape index (κ2) is 3.79. The van der Waals surface area contributed by atoms with Crippen LogP contribution in [0.25, 0.3) is 0 Å². The van der Waals surface area contributed by atoms with Gasteiger partial charge in [-0.25, -0.2) is 0 Å². The number of rotatable bonds is 2. The van der Waals surface area contributed by atoms with E-state index in [0.29, 0.717) is 12.1 Å². The van der Waals surface area contributed by atoms with E-state index in [-0.39, 0.29) is 12.6 Å². The number of anilines is 1. The van der Waals surface area contributed by atoms with E-state index >= 15 is 0 Å². The first-order valence-corrected chi connectivity index (χ1v) is 5.22. The van der Waals surface area contributed by atoms with Gasteiger partial charge in [-0.3, -0.25) is 4.79 Å². The summed E-state index contributed by atoms with van der Waals surface area (Å²) in [6, 6.07) is 5.41. The number of nitrogens with two attached hydrogens (primary N) is 1. The second-order valence-electron chi connectivity index (χ2n) is 4.15. The van der Waals surface area contributed by atoms with Gasteiger partial charge in [0.2, 0.25) is 0 Å². The zero-order chi connectivity index (χ0) is 11.8. The molecule has 0 spiro atoms. The SMILES string of the molecule is COC(=O)C1(CO)CCc2cc(N)ccc21. The van der Waals surface area contributed by atoms with Gasteiger partial charge in [0.1, 0.15) is 5.41 Å². The molecule has 4 heteroatoms. The highest BCUT2D eigenvalue weighted by Gasteiger charge is 2.45. The predicted molar refractivity (Wildman–Crippen MR) is 60.0 cm³/mol. The summed E-state index contributed by atoms with van der Waals surface area (Å²) in [6.45, 7) is -0.226. The zero-order valence-electron chi connectivity index (χ0n) is 9.19. The van der Waals surface area contributed by atoms with Crippen LogP contribution in [-0.4, -0.2) is 24.8 Å². The normalized spacial score (nSPS) is 22.9. The fourth-order valence-corrected chi connectivity index (χ4v) is 2.41. The lowest BCUT2D eigenvalue weighted by molar-refractivity contribution is -0.149. The van der Waals surface area contributed by atoms with Gasteiger partial charge in [0, 0.05) is 5.69 Å². The number of hydrogen-bond donors (Lipinski definition) is 2. The Morgan fingerprint density at radius 3 is 3.00 bits per heavy atom. The minimum Gasteiger partial charge on any atom is -0.468 e. The lowest BCUT2D eigenvalue weighted by Gasteiger charge is -2.24. The van der Waals surface area contributed by atoms with Crippen LogP contribution >= 0.6 is 0 Å². The molecule has 0 aromatic heterocycles. The van der Waals surface area contributed by atoms with Crippen LogP contribution in [0.4, 0.5) is 5.69 Å². The smallest absolute Gasteiger partial charge is 0.318 e. The standard InChI is InChI=1S/C12H15NO3/c1-16-11(15)12(7-14)5-4-8-6-9(13)2-3-10(8)12/h2-3,6,14H,4-5,7,13H2,1H3. The molecule has 0 amide bonds. The van der Waals surface area contributed by atoms with E-state index in [1.54, 1.807) is 6.07 Å². The first kappa shape index (κ1) is 11.0. The maximum atomic E-state index is 11.8. The van der Waals surface area contributed by atoms with Crippen molar-refractivity contribution in [2.45, 2.75) is 18.3 Å². The molecule has 0 saturated heterocycles. The van der Waals surface area contributed by atoms with Gasteiger partial charge in [-0.1, -0.05) is 6.07 Å². The number of esters is 1. The number of nitrogen functional groups attached to an aromatic ring is 1. The molecule has 0 bridgehead atoms. The Hall–Kier alpha value is -1.55. The van der Waals surface area contributed by atoms with Gasteiger partial charge in [-0.05, 0) is 36.1 Å². The topological polar surface area (TPSA) is 72.5 Å². The van der Waals surface area contributed by atoms with Crippen LogP contribution in [-0.2, 0) is 21.4 Å². The van der Waals surface area contributed by atoms with Crippen molar-refractivity contribution in [1.29, 1.82) is 0 Å². The van der Waals surface area contributed by atoms with Crippen molar-refractivity contribution in [3.8, 4) is 0 Å². The zero-order valence-corrected chi connectivity index (χ0v) is 9.19. The number of carbonyl (C=O) groups is 1. The van der Waals surface area contributed by atoms with Gasteiger partial charge >= 0.3 is 5.97 Å². The number of aliphatic hydroxyl groups is 1. The summed E-state index contributed by atoms with van der Waals surface area (Å²) in [5, 5.41) is 9.50. The highest BCUT2D eigenvalue weighted by molar-refractivity contribution is 5.85. The molecular formula is C12H15NO3. The molecule has 4 nitrogen and oxygen atoms in total. The van der Waals surface area contributed by atoms with Gasteiger partial charge in [-0.15, -0.1) is 0 Å². The molecule has 0 heterocycles. The number of aryl methyl sites for hydroxylation is 1. The predicted octanol–water partition coefficient (Wildman–Crippen LogP) is 0.618. The Kier molecular flexibility index (Phi) is 2.59. The number of carbonyl (C=O) groups excluding carboxylic acids is 1. The fourth-order valence-electron chi connectivity index (χ4n) is 2.41. The maximum Gasteiger partial charge on any atom is 0.318 e. The molecule has 0 fully saturated rings. The van der Waals surface area contributed by atoms with Gasteiger partial charge in [0.15, 0.2) is 0 Å². The monoisotopic (exact) mass is 221 g/mol. The van der Waals surface area contributed by atoms with E-state index in [9.17, 15) is 9.90 Å². The summed E-state index contributed by atoms with van der Waals surface area (Å²) >= 11 is 0. The third kappa shape index (κ3) is 1.38. The molecule has 0 saturated carbocycles. The van der Waals surface area contributed by atoms with E-state index in [2.05, 4.69) is 0 Å². The number of aliphatic hydroxyl groups excluding tert-OH is 1. The average Bonchev–Trinajstić information content (AvgIpc) is 2.67. The molecule has 1 aliphatic carbocycles. The summed E-state index contributed by atoms with van der Waals surface area (Å²) < 4.78 is 4.79. The van der Waals surface area contributed by atoms with Gasteiger partial charge in [0.05, 0.1) is 13.7 Å². The highest BCUT2D eigenvalue weighted by Crippen LogP contribution is 2.40. The first-order chi connectivity index (χ1) is 7.64. The van der Waals surface area contributed by atoms with E-state index in [1.807, 2.05) is 12.1 Å². The van der Waals surface area contributed by atoms with Crippen molar-refractivity contribution in [2.24, 2.45) is 0 Å². The Morgan fingerprint density at radius 1 is 1.62 bits per heavy atom. The molecular weight excluding hydrogens is 206 g/mol. The van der Waals surface area contributed by atoms with E-state index in [1.165, 1.54) is 7.11 Å². The Labute approximate surface area is 94.0 Å². The van der Waals surface area contributed by atoms with Crippen molar-refractivity contribution in [1.82, 2.24) is 0 Å². The van der Waals surface area contributed by atoms with E-state index in [4.69, 9.17) is 10.5 Å². The largest absolute Gasteiger partial charge is 0.468 e. The fraction of sp³-hybridized carbons (Fsp3) is 0.417. The Balaban J connectivity index is 2.51. The molecule has 1 unspecified atom stereocenters. The van der Waals surface area contributed by atoms with Gasteiger partial charge in [0.25, 0.3) is 0 Å². The third-order valence-corrected chi connectivity index (χ3v) is 3.31. The molecule has 3 N–H and O–H groups in total. The van der Waals surface area contributed by atoms with Crippen molar-refractivity contribution in [3.63, 3.8) is 0 Å². The lowest BCUT2D eigenvalue weighted by Crippen LogP contribution is -2.38. The van der Waals surface area contributed by atoms with Crippen molar-refractivity contribution in [2.75, 3.05) is 19.5 Å². The first-order valence-electron chi connectivity index (χ1n) is 5.22. The van der Waals surface area contributed by atoms with Crippen LogP contribution in [0.3, 0.4) is 0 Å². The van der Waals surface area contributed by atoms with Crippen LogP contribution < -0.4 is 5.73 Å². The molecule has 86 valence electrons. The lowest BCUT2D eigenvalue weighted by atomic mass is 9.82. The molecule has 2 rings (SSSR count). The number of ether oxygens (including phenoxy) is 1. The molecule has 1 aromatic carbocycles. The quantitative estimate of drug-likeness (QED) is 0.567. The molecule has 0 aliphatic heterocycles. The number of hydrogen-bond acceptors (Lipinski definition) is 4. The van der Waals surface area contributed by atoms with Gasteiger partial charge < -0.3 is 15.6 Å². The summed E-state index contributed by atoms with van der Waals surface area (Å²) in [7, 11) is 1.34. The van der Waals surface area contributed by atoms with Crippen LogP contribution in [0.15, 0.2) is 18.2 Å². The van der Waals surface area contributed by atoms with E-state index < -0.39 is 5.41 Å². The maximum absolute atomic E-state index is 11.8. The summed E-state index contributed by atoms with van der Waals surface area (Å²) in [6.07, 6.45) is 1.32. The minimum atomic E-state index is -0.891. The molecule has 16 heavy (non-hydrogen) atoms. The Bertz CT molecular complexity index is 430. The molecule has 0 radical (unpaired) electrons. The molecule has 1 atom stereocenters. The number of methoxy groups -OCH3 is 1. The Morgan fingerprint density at radius 2 is 2.38 bits per heavy atom. The average molecular weight is 221 g/mol. The molecule has 1 aromatic rings. The van der Waals surface area contributed by atoms with Crippen LogP contribution in [0.5, 0.6) is 0 Å². The summed E-state index contributed by atoms with van der Waals surface area (Å²) in [4.78, 5) is 11.8.